The molecule has 1 fully saturated rings. The quantitative estimate of drug-likeness (QED) is 0.763. The molecular weight excluding hydrogens is 266 g/mol. The highest BCUT2D eigenvalue weighted by molar-refractivity contribution is 5.99. The van der Waals surface area contributed by atoms with Crippen LogP contribution in [-0.2, 0) is 0 Å². The SMILES string of the molecule is Cl.NC(=O)c1cccc(C(=O)NC2CCCNC2)c1. The zero-order chi connectivity index (χ0) is 13.0. The zero-order valence-electron chi connectivity index (χ0n) is 10.5. The Morgan fingerprint density at radius 2 is 2.05 bits per heavy atom. The molecule has 0 saturated carbocycles. The maximum Gasteiger partial charge on any atom is 0.251 e. The standard InChI is InChI=1S/C13H17N3O2.ClH/c14-12(17)9-3-1-4-10(7-9)13(18)16-11-5-2-6-15-8-11;/h1,3-4,7,11,15H,2,5-6,8H2,(H2,14,17)(H,16,18);1H. The number of carbonyl (C=O) groups is 2. The first-order valence-corrected chi connectivity index (χ1v) is 6.08. The third-order valence-corrected chi connectivity index (χ3v) is 3.04. The number of nitrogens with two attached hydrogens (primary N) is 1. The van der Waals surface area contributed by atoms with Crippen molar-refractivity contribution in [1.82, 2.24) is 10.6 Å². The van der Waals surface area contributed by atoms with E-state index in [2.05, 4.69) is 10.6 Å². The van der Waals surface area contributed by atoms with Crippen molar-refractivity contribution in [1.29, 1.82) is 0 Å². The van der Waals surface area contributed by atoms with Crippen molar-refractivity contribution in [2.75, 3.05) is 13.1 Å². The molecule has 6 heteroatoms. The molecule has 1 saturated heterocycles. The van der Waals surface area contributed by atoms with Crippen LogP contribution in [0.5, 0.6) is 0 Å². The second-order valence-electron chi connectivity index (χ2n) is 4.46. The van der Waals surface area contributed by atoms with Gasteiger partial charge in [0.15, 0.2) is 0 Å². The van der Waals surface area contributed by atoms with Crippen LogP contribution in [0.25, 0.3) is 0 Å². The molecule has 1 aliphatic rings. The summed E-state index contributed by atoms with van der Waals surface area (Å²) in [5.41, 5.74) is 6.01. The number of hydrogen-bond donors (Lipinski definition) is 3. The fourth-order valence-electron chi connectivity index (χ4n) is 2.06. The Morgan fingerprint density at radius 1 is 1.32 bits per heavy atom. The van der Waals surface area contributed by atoms with Crippen molar-refractivity contribution in [3.63, 3.8) is 0 Å². The van der Waals surface area contributed by atoms with Gasteiger partial charge >= 0.3 is 0 Å². The van der Waals surface area contributed by atoms with Crippen molar-refractivity contribution in [2.45, 2.75) is 18.9 Å². The van der Waals surface area contributed by atoms with E-state index in [1.54, 1.807) is 18.2 Å². The fraction of sp³-hybridized carbons (Fsp3) is 0.385. The van der Waals surface area contributed by atoms with Crippen LogP contribution in [0.4, 0.5) is 0 Å². The molecule has 4 N–H and O–H groups in total. The summed E-state index contributed by atoms with van der Waals surface area (Å²) in [6.45, 7) is 1.80. The maximum absolute atomic E-state index is 12.0. The molecule has 1 aromatic carbocycles. The summed E-state index contributed by atoms with van der Waals surface area (Å²) in [7, 11) is 0. The molecule has 1 aromatic rings. The molecule has 2 amide bonds. The number of piperidine rings is 1. The molecule has 1 atom stereocenters. The van der Waals surface area contributed by atoms with E-state index in [0.717, 1.165) is 25.9 Å². The third-order valence-electron chi connectivity index (χ3n) is 3.04. The van der Waals surface area contributed by atoms with Gasteiger partial charge in [-0.2, -0.15) is 0 Å². The van der Waals surface area contributed by atoms with Gasteiger partial charge < -0.3 is 16.4 Å². The monoisotopic (exact) mass is 283 g/mol. The summed E-state index contributed by atoms with van der Waals surface area (Å²) in [5, 5.41) is 6.18. The predicted molar refractivity (Wildman–Crippen MR) is 75.6 cm³/mol. The average molecular weight is 284 g/mol. The van der Waals surface area contributed by atoms with Crippen LogP contribution >= 0.6 is 12.4 Å². The van der Waals surface area contributed by atoms with Gasteiger partial charge in [-0.1, -0.05) is 6.07 Å². The Balaban J connectivity index is 0.00000180. The highest BCUT2D eigenvalue weighted by Crippen LogP contribution is 2.07. The topological polar surface area (TPSA) is 84.2 Å². The Labute approximate surface area is 118 Å². The molecule has 1 unspecified atom stereocenters. The van der Waals surface area contributed by atoms with Crippen molar-refractivity contribution in [3.05, 3.63) is 35.4 Å². The lowest BCUT2D eigenvalue weighted by Gasteiger charge is -2.23. The van der Waals surface area contributed by atoms with E-state index >= 15 is 0 Å². The number of carbonyl (C=O) groups excluding carboxylic acids is 2. The molecule has 5 nitrogen and oxygen atoms in total. The summed E-state index contributed by atoms with van der Waals surface area (Å²) in [6, 6.07) is 6.62. The van der Waals surface area contributed by atoms with Gasteiger partial charge in [0.25, 0.3) is 5.91 Å². The largest absolute Gasteiger partial charge is 0.366 e. The minimum Gasteiger partial charge on any atom is -0.366 e. The second kappa shape index (κ2) is 7.11. The van der Waals surface area contributed by atoms with Crippen molar-refractivity contribution >= 4 is 24.2 Å². The number of primary amides is 1. The first kappa shape index (κ1) is 15.5. The second-order valence-corrected chi connectivity index (χ2v) is 4.46. The van der Waals surface area contributed by atoms with Crippen molar-refractivity contribution in [3.8, 4) is 0 Å². The summed E-state index contributed by atoms with van der Waals surface area (Å²) in [5.74, 6) is -0.684. The number of hydrogen-bond acceptors (Lipinski definition) is 3. The molecule has 19 heavy (non-hydrogen) atoms. The van der Waals surface area contributed by atoms with Crippen LogP contribution in [0.2, 0.25) is 0 Å². The van der Waals surface area contributed by atoms with Crippen LogP contribution < -0.4 is 16.4 Å². The lowest BCUT2D eigenvalue weighted by Crippen LogP contribution is -2.45. The number of benzene rings is 1. The van der Waals surface area contributed by atoms with Gasteiger partial charge in [0.05, 0.1) is 0 Å². The van der Waals surface area contributed by atoms with Gasteiger partial charge in [-0.3, -0.25) is 9.59 Å². The highest BCUT2D eigenvalue weighted by Gasteiger charge is 2.16. The molecule has 0 aliphatic carbocycles. The number of nitrogens with one attached hydrogen (secondary N) is 2. The third kappa shape index (κ3) is 4.22. The van der Waals surface area contributed by atoms with Gasteiger partial charge in [-0.25, -0.2) is 0 Å². The van der Waals surface area contributed by atoms with Gasteiger partial charge in [0, 0.05) is 23.7 Å². The highest BCUT2D eigenvalue weighted by atomic mass is 35.5. The van der Waals surface area contributed by atoms with Gasteiger partial charge in [0.1, 0.15) is 0 Å². The summed E-state index contributed by atoms with van der Waals surface area (Å²) in [4.78, 5) is 23.0. The molecule has 2 rings (SSSR count). The predicted octanol–water partition coefficient (Wildman–Crippen LogP) is 0.689. The fourth-order valence-corrected chi connectivity index (χ4v) is 2.06. The minimum absolute atomic E-state index is 0. The normalized spacial score (nSPS) is 18.2. The molecule has 0 radical (unpaired) electrons. The van der Waals surface area contributed by atoms with Crippen molar-refractivity contribution < 1.29 is 9.59 Å². The summed E-state index contributed by atoms with van der Waals surface area (Å²) >= 11 is 0. The van der Waals surface area contributed by atoms with Crippen molar-refractivity contribution in [2.24, 2.45) is 5.73 Å². The molecule has 0 spiro atoms. The maximum atomic E-state index is 12.0. The van der Waals surface area contributed by atoms with E-state index in [4.69, 9.17) is 5.73 Å². The van der Waals surface area contributed by atoms with Crippen LogP contribution in [0, 0.1) is 0 Å². The van der Waals surface area contributed by atoms with E-state index in [-0.39, 0.29) is 24.4 Å². The Kier molecular flexibility index (Phi) is 5.79. The Hall–Kier alpha value is -1.59. The Morgan fingerprint density at radius 3 is 2.68 bits per heavy atom. The molecule has 104 valence electrons. The molecule has 0 aromatic heterocycles. The van der Waals surface area contributed by atoms with E-state index in [9.17, 15) is 9.59 Å². The zero-order valence-corrected chi connectivity index (χ0v) is 11.3. The lowest BCUT2D eigenvalue weighted by atomic mass is 10.1. The molecule has 1 heterocycles. The molecular formula is C13H18ClN3O2. The molecule has 0 bridgehead atoms. The van der Waals surface area contributed by atoms with Crippen LogP contribution in [0.3, 0.4) is 0 Å². The average Bonchev–Trinajstić information content (AvgIpc) is 2.40. The number of amides is 2. The van der Waals surface area contributed by atoms with E-state index in [0.29, 0.717) is 11.1 Å². The van der Waals surface area contributed by atoms with Crippen LogP contribution in [0.15, 0.2) is 24.3 Å². The van der Waals surface area contributed by atoms with Gasteiger partial charge in [-0.05, 0) is 37.6 Å². The first-order valence-electron chi connectivity index (χ1n) is 6.08. The summed E-state index contributed by atoms with van der Waals surface area (Å²) < 4.78 is 0. The van der Waals surface area contributed by atoms with E-state index in [1.165, 1.54) is 6.07 Å². The smallest absolute Gasteiger partial charge is 0.251 e. The van der Waals surface area contributed by atoms with E-state index < -0.39 is 5.91 Å². The minimum atomic E-state index is -0.524. The van der Waals surface area contributed by atoms with E-state index in [1.807, 2.05) is 0 Å². The number of halogens is 1. The first-order chi connectivity index (χ1) is 8.66. The Bertz CT molecular complexity index is 459. The lowest BCUT2D eigenvalue weighted by molar-refractivity contribution is 0.0930. The van der Waals surface area contributed by atoms with Gasteiger partial charge in [-0.15, -0.1) is 12.4 Å². The number of rotatable bonds is 3. The summed E-state index contributed by atoms with van der Waals surface area (Å²) in [6.07, 6.45) is 2.04. The van der Waals surface area contributed by atoms with Crippen LogP contribution in [-0.4, -0.2) is 30.9 Å². The molecule has 1 aliphatic heterocycles. The van der Waals surface area contributed by atoms with Crippen LogP contribution in [0.1, 0.15) is 33.6 Å². The van der Waals surface area contributed by atoms with Gasteiger partial charge in [0.2, 0.25) is 5.91 Å².